The Morgan fingerprint density at radius 1 is 1.38 bits per heavy atom. The lowest BCUT2D eigenvalue weighted by atomic mass is 10.4. The van der Waals surface area contributed by atoms with Crippen LogP contribution in [0.25, 0.3) is 0 Å². The Kier molecular flexibility index (Phi) is 5.09. The van der Waals surface area contributed by atoms with Crippen molar-refractivity contribution in [3.05, 3.63) is 40.2 Å². The van der Waals surface area contributed by atoms with Gasteiger partial charge in [0.05, 0.1) is 11.0 Å². The molecule has 1 aromatic carbocycles. The van der Waals surface area contributed by atoms with Gasteiger partial charge in [-0.2, -0.15) is 0 Å². The van der Waals surface area contributed by atoms with Gasteiger partial charge in [0.2, 0.25) is 0 Å². The Labute approximate surface area is 108 Å². The first kappa shape index (κ1) is 13.3. The first-order valence-electron chi connectivity index (χ1n) is 4.82. The fourth-order valence-electron chi connectivity index (χ4n) is 0.966. The zero-order valence-electron chi connectivity index (χ0n) is 9.20. The van der Waals surface area contributed by atoms with Gasteiger partial charge in [-0.3, -0.25) is 0 Å². The van der Waals surface area contributed by atoms with Gasteiger partial charge in [-0.15, -0.1) is 0 Å². The molecule has 0 bridgehead atoms. The summed E-state index contributed by atoms with van der Waals surface area (Å²) in [5, 5.41) is 0. The normalized spacial score (nSPS) is 10.2. The zero-order chi connectivity index (χ0) is 12.1. The number of carbonyl (C=O) groups excluding carboxylic acids is 1. The van der Waals surface area contributed by atoms with E-state index in [-0.39, 0.29) is 12.1 Å². The smallest absolute Gasteiger partial charge is 0.344 e. The minimum atomic E-state index is -0.358. The molecule has 0 saturated heterocycles. The minimum Gasteiger partial charge on any atom is -0.459 e. The highest BCUT2D eigenvalue weighted by molar-refractivity contribution is 9.10. The summed E-state index contributed by atoms with van der Waals surface area (Å²) < 4.78 is 6.05. The highest BCUT2D eigenvalue weighted by Crippen LogP contribution is 2.27. The summed E-state index contributed by atoms with van der Waals surface area (Å²) in [5.41, 5.74) is 0. The molecule has 0 aliphatic carbocycles. The maximum atomic E-state index is 11.5. The molecule has 0 aromatic heterocycles. The second-order valence-corrected chi connectivity index (χ2v) is 5.52. The van der Waals surface area contributed by atoms with Crippen LogP contribution in [0.4, 0.5) is 0 Å². The van der Waals surface area contributed by atoms with Gasteiger partial charge in [-0.1, -0.05) is 34.3 Å². The Morgan fingerprint density at radius 3 is 2.44 bits per heavy atom. The summed E-state index contributed by atoms with van der Waals surface area (Å²) in [7, 11) is 0. The molecule has 0 unspecified atom stereocenters. The summed E-state index contributed by atoms with van der Waals surface area (Å²) in [4.78, 5) is 12.8. The molecule has 1 aromatic rings. The minimum absolute atomic E-state index is 0.116. The molecule has 1 rings (SSSR count). The van der Waals surface area contributed by atoms with Crippen LogP contribution in [0.15, 0.2) is 45.1 Å². The Bertz CT molecular complexity index is 385. The fraction of sp³-hybridized carbons (Fsp3) is 0.250. The van der Waals surface area contributed by atoms with E-state index in [4.69, 9.17) is 4.74 Å². The third-order valence-electron chi connectivity index (χ3n) is 1.63. The van der Waals surface area contributed by atoms with Crippen molar-refractivity contribution >= 4 is 33.7 Å². The van der Waals surface area contributed by atoms with E-state index in [1.54, 1.807) is 0 Å². The lowest BCUT2D eigenvalue weighted by molar-refractivity contribution is -0.141. The molecule has 0 aliphatic heterocycles. The standard InChI is InChI=1S/C12H13BrO2S/c1-8(2)15-12(14)9(3)16-11-6-4-10(13)5-7-11/h4-8H,3H2,1-2H3. The third-order valence-corrected chi connectivity index (χ3v) is 3.07. The van der Waals surface area contributed by atoms with Crippen LogP contribution in [0.2, 0.25) is 0 Å². The van der Waals surface area contributed by atoms with Crippen LogP contribution in [0, 0.1) is 0 Å². The van der Waals surface area contributed by atoms with Crippen LogP contribution in [0.1, 0.15) is 13.8 Å². The van der Waals surface area contributed by atoms with Crippen molar-refractivity contribution in [2.24, 2.45) is 0 Å². The molecule has 0 fully saturated rings. The van der Waals surface area contributed by atoms with E-state index < -0.39 is 0 Å². The van der Waals surface area contributed by atoms with Crippen molar-refractivity contribution < 1.29 is 9.53 Å². The molecule has 0 saturated carbocycles. The van der Waals surface area contributed by atoms with Gasteiger partial charge < -0.3 is 4.74 Å². The van der Waals surface area contributed by atoms with Crippen LogP contribution in [-0.4, -0.2) is 12.1 Å². The van der Waals surface area contributed by atoms with Crippen molar-refractivity contribution in [2.45, 2.75) is 24.8 Å². The lowest BCUT2D eigenvalue weighted by Gasteiger charge is -2.09. The van der Waals surface area contributed by atoms with E-state index in [0.717, 1.165) is 9.37 Å². The van der Waals surface area contributed by atoms with Crippen LogP contribution >= 0.6 is 27.7 Å². The van der Waals surface area contributed by atoms with Gasteiger partial charge in [-0.05, 0) is 38.1 Å². The van der Waals surface area contributed by atoms with E-state index >= 15 is 0 Å². The van der Waals surface area contributed by atoms with E-state index in [1.807, 2.05) is 38.1 Å². The van der Waals surface area contributed by atoms with Gasteiger partial charge in [0.25, 0.3) is 0 Å². The van der Waals surface area contributed by atoms with Crippen LogP contribution in [0.3, 0.4) is 0 Å². The second-order valence-electron chi connectivity index (χ2n) is 3.43. The number of hydrogen-bond donors (Lipinski definition) is 0. The maximum Gasteiger partial charge on any atom is 0.344 e. The number of rotatable bonds is 4. The molecule has 4 heteroatoms. The van der Waals surface area contributed by atoms with Gasteiger partial charge in [0.15, 0.2) is 0 Å². The Hall–Kier alpha value is -0.740. The van der Waals surface area contributed by atoms with E-state index in [9.17, 15) is 4.79 Å². The number of carbonyl (C=O) groups is 1. The monoisotopic (exact) mass is 300 g/mol. The molecule has 2 nitrogen and oxygen atoms in total. The summed E-state index contributed by atoms with van der Waals surface area (Å²) in [6, 6.07) is 7.68. The van der Waals surface area contributed by atoms with E-state index in [1.165, 1.54) is 11.8 Å². The molecule has 0 amide bonds. The summed E-state index contributed by atoms with van der Waals surface area (Å²) in [5.74, 6) is -0.358. The molecule has 0 N–H and O–H groups in total. The van der Waals surface area contributed by atoms with Crippen molar-refractivity contribution in [2.75, 3.05) is 0 Å². The third kappa shape index (κ3) is 4.41. The molecule has 0 aliphatic rings. The average molecular weight is 301 g/mol. The molecular formula is C12H13BrO2S. The highest BCUT2D eigenvalue weighted by atomic mass is 79.9. The van der Waals surface area contributed by atoms with Crippen molar-refractivity contribution in [1.82, 2.24) is 0 Å². The topological polar surface area (TPSA) is 26.3 Å². The lowest BCUT2D eigenvalue weighted by Crippen LogP contribution is -2.11. The van der Waals surface area contributed by atoms with Gasteiger partial charge in [0, 0.05) is 9.37 Å². The van der Waals surface area contributed by atoms with Gasteiger partial charge >= 0.3 is 5.97 Å². The first-order valence-corrected chi connectivity index (χ1v) is 6.43. The zero-order valence-corrected chi connectivity index (χ0v) is 11.6. The second kappa shape index (κ2) is 6.11. The number of thioether (sulfide) groups is 1. The first-order chi connectivity index (χ1) is 7.49. The van der Waals surface area contributed by atoms with Gasteiger partial charge in [-0.25, -0.2) is 4.79 Å². The van der Waals surface area contributed by atoms with Crippen molar-refractivity contribution in [3.8, 4) is 0 Å². The molecular weight excluding hydrogens is 288 g/mol. The molecule has 0 spiro atoms. The predicted octanol–water partition coefficient (Wildman–Crippen LogP) is 4.01. The maximum absolute atomic E-state index is 11.5. The molecule has 16 heavy (non-hydrogen) atoms. The SMILES string of the molecule is C=C(Sc1ccc(Br)cc1)C(=O)OC(C)C. The van der Waals surface area contributed by atoms with Crippen LogP contribution in [0.5, 0.6) is 0 Å². The highest BCUT2D eigenvalue weighted by Gasteiger charge is 2.11. The van der Waals surface area contributed by atoms with Gasteiger partial charge in [0.1, 0.15) is 0 Å². The van der Waals surface area contributed by atoms with E-state index in [2.05, 4.69) is 22.5 Å². The number of benzene rings is 1. The summed E-state index contributed by atoms with van der Waals surface area (Å²) in [6.07, 6.45) is -0.116. The predicted molar refractivity (Wildman–Crippen MR) is 70.4 cm³/mol. The average Bonchev–Trinajstić information content (AvgIpc) is 2.20. The summed E-state index contributed by atoms with van der Waals surface area (Å²) >= 11 is 4.66. The number of esters is 1. The van der Waals surface area contributed by atoms with Crippen molar-refractivity contribution in [3.63, 3.8) is 0 Å². The Morgan fingerprint density at radius 2 is 1.94 bits per heavy atom. The summed E-state index contributed by atoms with van der Waals surface area (Å²) in [6.45, 7) is 7.33. The fourth-order valence-corrected chi connectivity index (χ4v) is 1.92. The van der Waals surface area contributed by atoms with Crippen LogP contribution < -0.4 is 0 Å². The molecule has 0 atom stereocenters. The van der Waals surface area contributed by atoms with E-state index in [0.29, 0.717) is 4.91 Å². The molecule has 0 heterocycles. The molecule has 86 valence electrons. The molecule has 0 radical (unpaired) electrons. The Balaban J connectivity index is 2.57. The quantitative estimate of drug-likeness (QED) is 0.477. The number of ether oxygens (including phenoxy) is 1. The number of halogens is 1. The van der Waals surface area contributed by atoms with Crippen molar-refractivity contribution in [1.29, 1.82) is 0 Å². The number of hydrogen-bond acceptors (Lipinski definition) is 3. The van der Waals surface area contributed by atoms with Crippen LogP contribution in [-0.2, 0) is 9.53 Å². The largest absolute Gasteiger partial charge is 0.459 e.